The second kappa shape index (κ2) is 9.14. The summed E-state index contributed by atoms with van der Waals surface area (Å²) in [5.41, 5.74) is 1.11. The number of carbonyl (C=O) groups excluding carboxylic acids is 1. The fourth-order valence-corrected chi connectivity index (χ4v) is 1.95. The number of hydrogen-bond acceptors (Lipinski definition) is 2. The van der Waals surface area contributed by atoms with Crippen molar-refractivity contribution < 1.29 is 14.7 Å². The number of rotatable bonds is 5. The highest BCUT2D eigenvalue weighted by atomic mass is 16.4. The van der Waals surface area contributed by atoms with Crippen molar-refractivity contribution in [1.29, 1.82) is 0 Å². The van der Waals surface area contributed by atoms with Crippen LogP contribution in [0.2, 0.25) is 0 Å². The molecule has 4 heteroatoms. The molecule has 0 spiro atoms. The van der Waals surface area contributed by atoms with Gasteiger partial charge in [-0.1, -0.05) is 24.3 Å². The van der Waals surface area contributed by atoms with E-state index >= 15 is 0 Å². The molecule has 1 N–H and O–H groups in total. The van der Waals surface area contributed by atoms with Gasteiger partial charge in [0, 0.05) is 19.5 Å². The Morgan fingerprint density at radius 1 is 1.53 bits per heavy atom. The van der Waals surface area contributed by atoms with E-state index in [9.17, 15) is 9.59 Å². The summed E-state index contributed by atoms with van der Waals surface area (Å²) in [5, 5.41) is 8.84. The Bertz CT molecular complexity index is 360. The van der Waals surface area contributed by atoms with Crippen LogP contribution in [-0.4, -0.2) is 35.0 Å². The summed E-state index contributed by atoms with van der Waals surface area (Å²) in [5.74, 6) is -1.42. The van der Waals surface area contributed by atoms with Crippen LogP contribution in [0.1, 0.15) is 26.2 Å². The van der Waals surface area contributed by atoms with Crippen molar-refractivity contribution in [2.24, 2.45) is 5.92 Å². The topological polar surface area (TPSA) is 57.6 Å². The Hall–Kier alpha value is -1.84. The Morgan fingerprint density at radius 2 is 2.16 bits per heavy atom. The van der Waals surface area contributed by atoms with Crippen LogP contribution >= 0.6 is 0 Å². The molecular formula is C15H23NO3. The molecule has 0 radical (unpaired) electrons. The lowest BCUT2D eigenvalue weighted by Crippen LogP contribution is -2.41. The maximum absolute atomic E-state index is 11.7. The van der Waals surface area contributed by atoms with Crippen molar-refractivity contribution in [2.45, 2.75) is 26.2 Å². The highest BCUT2D eigenvalue weighted by molar-refractivity contribution is 5.83. The van der Waals surface area contributed by atoms with Gasteiger partial charge in [-0.05, 0) is 19.8 Å². The molecule has 19 heavy (non-hydrogen) atoms. The van der Waals surface area contributed by atoms with Gasteiger partial charge < -0.3 is 10.0 Å². The van der Waals surface area contributed by atoms with E-state index in [1.807, 2.05) is 13.0 Å². The van der Waals surface area contributed by atoms with Crippen molar-refractivity contribution in [3.63, 3.8) is 0 Å². The molecule has 0 saturated carbocycles. The van der Waals surface area contributed by atoms with Crippen LogP contribution in [0.5, 0.6) is 0 Å². The van der Waals surface area contributed by atoms with E-state index in [4.69, 9.17) is 5.11 Å². The van der Waals surface area contributed by atoms with Crippen LogP contribution in [0.3, 0.4) is 0 Å². The summed E-state index contributed by atoms with van der Waals surface area (Å²) in [6.07, 6.45) is 5.23. The van der Waals surface area contributed by atoms with Gasteiger partial charge >= 0.3 is 5.97 Å². The van der Waals surface area contributed by atoms with E-state index < -0.39 is 11.9 Å². The molecular weight excluding hydrogens is 242 g/mol. The first-order valence-corrected chi connectivity index (χ1v) is 6.36. The van der Waals surface area contributed by atoms with E-state index in [0.717, 1.165) is 12.0 Å². The smallest absolute Gasteiger partial charge is 0.307 e. The van der Waals surface area contributed by atoms with Gasteiger partial charge in [0.1, 0.15) is 0 Å². The molecule has 4 nitrogen and oxygen atoms in total. The van der Waals surface area contributed by atoms with Gasteiger partial charge in [0.05, 0.1) is 5.92 Å². The molecule has 1 aliphatic rings. The van der Waals surface area contributed by atoms with Gasteiger partial charge in [0.2, 0.25) is 5.91 Å². The maximum atomic E-state index is 11.7. The summed E-state index contributed by atoms with van der Waals surface area (Å²) in [6, 6.07) is 0. The fraction of sp³-hybridized carbons (Fsp3) is 0.467. The largest absolute Gasteiger partial charge is 0.481 e. The molecule has 1 aliphatic heterocycles. The zero-order chi connectivity index (χ0) is 14.8. The third-order valence-corrected chi connectivity index (χ3v) is 3.17. The van der Waals surface area contributed by atoms with Gasteiger partial charge in [-0.25, -0.2) is 0 Å². The SMILES string of the molecule is C=C.C=C/C(=C\C)CCN1CCC(C(=O)O)CC1=O. The molecule has 1 fully saturated rings. The molecule has 1 saturated heterocycles. The number of carboxylic acids is 1. The number of likely N-dealkylation sites (tertiary alicyclic amines) is 1. The van der Waals surface area contributed by atoms with E-state index in [-0.39, 0.29) is 12.3 Å². The van der Waals surface area contributed by atoms with Crippen LogP contribution in [0.25, 0.3) is 0 Å². The van der Waals surface area contributed by atoms with E-state index in [2.05, 4.69) is 19.7 Å². The average Bonchev–Trinajstić information content (AvgIpc) is 2.43. The Labute approximate surface area is 115 Å². The molecule has 1 unspecified atom stereocenters. The van der Waals surface area contributed by atoms with E-state index in [1.54, 1.807) is 11.0 Å². The molecule has 0 bridgehead atoms. The number of carbonyl (C=O) groups is 2. The molecule has 1 atom stereocenters. The first-order valence-electron chi connectivity index (χ1n) is 6.36. The Morgan fingerprint density at radius 3 is 2.58 bits per heavy atom. The number of carboxylic acid groups (broad SMARTS) is 1. The predicted octanol–water partition coefficient (Wildman–Crippen LogP) is 2.63. The minimum Gasteiger partial charge on any atom is -0.481 e. The van der Waals surface area contributed by atoms with Crippen LogP contribution in [0, 0.1) is 5.92 Å². The second-order valence-corrected chi connectivity index (χ2v) is 4.23. The standard InChI is InChI=1S/C13H19NO3.C2H4/c1-3-10(4-2)5-7-14-8-6-11(13(16)17)9-12(14)15;1-2/h3-4,11H,1,5-9H2,2H3,(H,16,17);1-2H2/b10-4+;. The number of aliphatic carboxylic acids is 1. The first kappa shape index (κ1) is 17.2. The normalized spacial score (nSPS) is 19.4. The summed E-state index contributed by atoms with van der Waals surface area (Å²) in [7, 11) is 0. The molecule has 1 amide bonds. The Kier molecular flexibility index (Phi) is 8.25. The van der Waals surface area contributed by atoms with Crippen LogP contribution in [0.4, 0.5) is 0 Å². The molecule has 0 aromatic heterocycles. The third kappa shape index (κ3) is 5.55. The number of amides is 1. The summed E-state index contributed by atoms with van der Waals surface area (Å²) in [6.45, 7) is 12.8. The highest BCUT2D eigenvalue weighted by Crippen LogP contribution is 2.19. The van der Waals surface area contributed by atoms with Crippen LogP contribution < -0.4 is 0 Å². The number of piperidine rings is 1. The molecule has 0 aliphatic carbocycles. The molecule has 0 aromatic carbocycles. The number of allylic oxidation sites excluding steroid dienone is 2. The van der Waals surface area contributed by atoms with Crippen molar-refractivity contribution in [2.75, 3.05) is 13.1 Å². The van der Waals surface area contributed by atoms with Crippen LogP contribution in [-0.2, 0) is 9.59 Å². The van der Waals surface area contributed by atoms with Crippen LogP contribution in [0.15, 0.2) is 37.5 Å². The first-order chi connectivity index (χ1) is 9.08. The van der Waals surface area contributed by atoms with Crippen molar-refractivity contribution in [3.05, 3.63) is 37.5 Å². The van der Waals surface area contributed by atoms with Gasteiger partial charge in [-0.2, -0.15) is 0 Å². The lowest BCUT2D eigenvalue weighted by Gasteiger charge is -2.30. The van der Waals surface area contributed by atoms with Gasteiger partial charge in [0.25, 0.3) is 0 Å². The fourth-order valence-electron chi connectivity index (χ4n) is 1.95. The zero-order valence-corrected chi connectivity index (χ0v) is 11.6. The lowest BCUT2D eigenvalue weighted by atomic mass is 9.96. The van der Waals surface area contributed by atoms with Gasteiger partial charge in [-0.3, -0.25) is 9.59 Å². The monoisotopic (exact) mass is 265 g/mol. The Balaban J connectivity index is 0.00000154. The number of hydrogen-bond donors (Lipinski definition) is 1. The molecule has 0 aromatic rings. The molecule has 1 heterocycles. The minimum absolute atomic E-state index is 0.0526. The predicted molar refractivity (Wildman–Crippen MR) is 76.8 cm³/mol. The summed E-state index contributed by atoms with van der Waals surface area (Å²) >= 11 is 0. The van der Waals surface area contributed by atoms with Gasteiger partial charge in [0.15, 0.2) is 0 Å². The van der Waals surface area contributed by atoms with Gasteiger partial charge in [-0.15, -0.1) is 13.2 Å². The van der Waals surface area contributed by atoms with E-state index in [1.165, 1.54) is 0 Å². The van der Waals surface area contributed by atoms with E-state index in [0.29, 0.717) is 19.5 Å². The highest BCUT2D eigenvalue weighted by Gasteiger charge is 2.29. The minimum atomic E-state index is -0.863. The number of nitrogens with zero attached hydrogens (tertiary/aromatic N) is 1. The lowest BCUT2D eigenvalue weighted by molar-refractivity contribution is -0.149. The second-order valence-electron chi connectivity index (χ2n) is 4.23. The van der Waals surface area contributed by atoms with Crippen molar-refractivity contribution in [3.8, 4) is 0 Å². The molecule has 1 rings (SSSR count). The average molecular weight is 265 g/mol. The zero-order valence-electron chi connectivity index (χ0n) is 11.6. The van der Waals surface area contributed by atoms with Crippen molar-refractivity contribution >= 4 is 11.9 Å². The quantitative estimate of drug-likeness (QED) is 0.614. The maximum Gasteiger partial charge on any atom is 0.307 e. The molecule has 106 valence electrons. The summed E-state index contributed by atoms with van der Waals surface area (Å²) in [4.78, 5) is 24.2. The summed E-state index contributed by atoms with van der Waals surface area (Å²) < 4.78 is 0. The third-order valence-electron chi connectivity index (χ3n) is 3.17. The van der Waals surface area contributed by atoms with Crippen molar-refractivity contribution in [1.82, 2.24) is 4.90 Å².